The van der Waals surface area contributed by atoms with Crippen molar-refractivity contribution in [3.63, 3.8) is 0 Å². The maximum absolute atomic E-state index is 15.0. The monoisotopic (exact) mass is 508 g/mol. The van der Waals surface area contributed by atoms with Gasteiger partial charge in [-0.25, -0.2) is 4.39 Å². The zero-order valence-electron chi connectivity index (χ0n) is 20.7. The van der Waals surface area contributed by atoms with Crippen LogP contribution in [0.15, 0.2) is 103 Å². The Balaban J connectivity index is 1.49. The quantitative estimate of drug-likeness (QED) is 0.196. The summed E-state index contributed by atoms with van der Waals surface area (Å²) in [5, 5.41) is 11.3. The molecule has 1 unspecified atom stereocenters. The van der Waals surface area contributed by atoms with Crippen molar-refractivity contribution in [2.75, 3.05) is 0 Å². The number of pyridine rings is 1. The molecule has 7 heteroatoms. The number of Topliss-reactive ketones (excluding diaryl/α,β-unsaturated/α-hetero) is 1. The largest absolute Gasteiger partial charge is 0.507 e. The highest BCUT2D eigenvalue weighted by Gasteiger charge is 2.46. The molecule has 0 aliphatic carbocycles. The summed E-state index contributed by atoms with van der Waals surface area (Å²) < 4.78 is 20.9. The summed E-state index contributed by atoms with van der Waals surface area (Å²) in [5.41, 5.74) is 3.17. The molecule has 5 rings (SSSR count). The molecule has 6 nitrogen and oxygen atoms in total. The van der Waals surface area contributed by atoms with Crippen molar-refractivity contribution in [2.45, 2.75) is 26.1 Å². The van der Waals surface area contributed by atoms with E-state index in [0.717, 1.165) is 16.7 Å². The van der Waals surface area contributed by atoms with Gasteiger partial charge in [0.25, 0.3) is 11.7 Å². The van der Waals surface area contributed by atoms with Crippen LogP contribution in [-0.2, 0) is 22.7 Å². The van der Waals surface area contributed by atoms with Crippen LogP contribution >= 0.6 is 0 Å². The predicted octanol–water partition coefficient (Wildman–Crippen LogP) is 5.73. The number of aromatic nitrogens is 1. The molecule has 190 valence electrons. The third kappa shape index (κ3) is 4.91. The van der Waals surface area contributed by atoms with Gasteiger partial charge in [-0.2, -0.15) is 0 Å². The molecule has 1 aliphatic heterocycles. The number of rotatable bonds is 7. The number of aliphatic hydroxyl groups is 1. The fourth-order valence-electron chi connectivity index (χ4n) is 4.55. The van der Waals surface area contributed by atoms with Crippen molar-refractivity contribution in [3.8, 4) is 5.75 Å². The maximum Gasteiger partial charge on any atom is 0.295 e. The van der Waals surface area contributed by atoms with Crippen LogP contribution in [-0.4, -0.2) is 26.7 Å². The topological polar surface area (TPSA) is 79.7 Å². The molecule has 0 saturated carbocycles. The molecule has 2 heterocycles. The minimum Gasteiger partial charge on any atom is -0.507 e. The number of benzene rings is 3. The van der Waals surface area contributed by atoms with Gasteiger partial charge in [-0.15, -0.1) is 0 Å². The Labute approximate surface area is 219 Å². The maximum atomic E-state index is 15.0. The molecule has 1 saturated heterocycles. The minimum atomic E-state index is -1.10. The van der Waals surface area contributed by atoms with E-state index in [1.807, 2.05) is 31.2 Å². The molecule has 0 radical (unpaired) electrons. The smallest absolute Gasteiger partial charge is 0.295 e. The Morgan fingerprint density at radius 1 is 0.947 bits per heavy atom. The van der Waals surface area contributed by atoms with Gasteiger partial charge in [0, 0.05) is 30.1 Å². The Morgan fingerprint density at radius 3 is 2.34 bits per heavy atom. The van der Waals surface area contributed by atoms with Crippen molar-refractivity contribution in [1.82, 2.24) is 9.88 Å². The summed E-state index contributed by atoms with van der Waals surface area (Å²) in [6, 6.07) is 22.8. The Morgan fingerprint density at radius 2 is 1.63 bits per heavy atom. The van der Waals surface area contributed by atoms with Crippen LogP contribution in [0.3, 0.4) is 0 Å². The third-order valence-electron chi connectivity index (χ3n) is 6.63. The van der Waals surface area contributed by atoms with E-state index < -0.39 is 23.5 Å². The highest BCUT2D eigenvalue weighted by molar-refractivity contribution is 6.46. The highest BCUT2D eigenvalue weighted by atomic mass is 19.1. The van der Waals surface area contributed by atoms with E-state index in [4.69, 9.17) is 4.74 Å². The van der Waals surface area contributed by atoms with E-state index in [1.165, 1.54) is 23.1 Å². The fourth-order valence-corrected chi connectivity index (χ4v) is 4.55. The first-order valence-electron chi connectivity index (χ1n) is 12.1. The lowest BCUT2D eigenvalue weighted by atomic mass is 9.94. The molecule has 1 amide bonds. The van der Waals surface area contributed by atoms with Gasteiger partial charge in [-0.3, -0.25) is 14.6 Å². The Bertz CT molecular complexity index is 1520. The summed E-state index contributed by atoms with van der Waals surface area (Å²) >= 11 is 0. The second-order valence-corrected chi connectivity index (χ2v) is 9.04. The normalized spacial score (nSPS) is 16.6. The second-order valence-electron chi connectivity index (χ2n) is 9.04. The number of nitrogens with zero attached hydrogens (tertiary/aromatic N) is 2. The zero-order chi connectivity index (χ0) is 26.6. The summed E-state index contributed by atoms with van der Waals surface area (Å²) in [6.07, 6.45) is 3.15. The van der Waals surface area contributed by atoms with Gasteiger partial charge in [-0.1, -0.05) is 42.5 Å². The molecule has 3 aromatic carbocycles. The molecule has 38 heavy (non-hydrogen) atoms. The summed E-state index contributed by atoms with van der Waals surface area (Å²) in [7, 11) is 0. The van der Waals surface area contributed by atoms with Crippen molar-refractivity contribution < 1.29 is 23.8 Å². The average molecular weight is 509 g/mol. The fraction of sp³-hybridized carbons (Fsp3) is 0.129. The molecule has 1 aliphatic rings. The van der Waals surface area contributed by atoms with Gasteiger partial charge >= 0.3 is 0 Å². The number of halogens is 1. The van der Waals surface area contributed by atoms with E-state index >= 15 is 0 Å². The van der Waals surface area contributed by atoms with E-state index in [0.29, 0.717) is 17.9 Å². The minimum absolute atomic E-state index is 0.0502. The number of amides is 1. The highest BCUT2D eigenvalue weighted by Crippen LogP contribution is 2.41. The number of carbonyl (C=O) groups is 2. The number of carbonyl (C=O) groups excluding carboxylic acids is 2. The molecule has 1 fully saturated rings. The van der Waals surface area contributed by atoms with Crippen molar-refractivity contribution in [3.05, 3.63) is 137 Å². The number of hydrogen-bond donors (Lipinski definition) is 1. The lowest BCUT2D eigenvalue weighted by molar-refractivity contribution is -0.140. The Kier molecular flexibility index (Phi) is 7.00. The van der Waals surface area contributed by atoms with Gasteiger partial charge in [-0.05, 0) is 66.1 Å². The Hall–Kier alpha value is -4.78. The van der Waals surface area contributed by atoms with Crippen LogP contribution in [0.1, 0.15) is 33.9 Å². The zero-order valence-corrected chi connectivity index (χ0v) is 20.7. The number of ether oxygens (including phenoxy) is 1. The number of aliphatic hydroxyl groups excluding tert-OH is 1. The summed E-state index contributed by atoms with van der Waals surface area (Å²) in [6.45, 7) is 2.44. The van der Waals surface area contributed by atoms with E-state index in [-0.39, 0.29) is 23.4 Å². The van der Waals surface area contributed by atoms with E-state index in [9.17, 15) is 19.1 Å². The van der Waals surface area contributed by atoms with Gasteiger partial charge in [0.15, 0.2) is 0 Å². The van der Waals surface area contributed by atoms with Crippen molar-refractivity contribution in [2.24, 2.45) is 0 Å². The molecule has 1 aromatic heterocycles. The predicted molar refractivity (Wildman–Crippen MR) is 140 cm³/mol. The SMILES string of the molecule is Cc1ccccc1COc1ccc(/C(O)=C2\C(=O)C(=O)N(Cc3ccncc3)C2c2ccccc2F)cc1. The van der Waals surface area contributed by atoms with Crippen LogP contribution in [0.4, 0.5) is 4.39 Å². The molecular formula is C31H25FN2O4. The summed E-state index contributed by atoms with van der Waals surface area (Å²) in [4.78, 5) is 31.6. The van der Waals surface area contributed by atoms with Crippen LogP contribution in [0.25, 0.3) is 5.76 Å². The number of aryl methyl sites for hydroxylation is 1. The lowest BCUT2D eigenvalue weighted by Gasteiger charge is -2.25. The van der Waals surface area contributed by atoms with Crippen molar-refractivity contribution >= 4 is 17.4 Å². The van der Waals surface area contributed by atoms with E-state index in [1.54, 1.807) is 54.9 Å². The van der Waals surface area contributed by atoms with Gasteiger partial charge < -0.3 is 14.7 Å². The van der Waals surface area contributed by atoms with Crippen molar-refractivity contribution in [1.29, 1.82) is 0 Å². The lowest BCUT2D eigenvalue weighted by Crippen LogP contribution is -2.29. The first-order chi connectivity index (χ1) is 18.4. The molecule has 1 atom stereocenters. The molecule has 0 spiro atoms. The van der Waals surface area contributed by atoms with Crippen LogP contribution in [0.2, 0.25) is 0 Å². The van der Waals surface area contributed by atoms with Crippen LogP contribution < -0.4 is 4.74 Å². The van der Waals surface area contributed by atoms with Crippen LogP contribution in [0, 0.1) is 12.7 Å². The standard InChI is InChI=1S/C31H25FN2O4/c1-20-6-2-3-7-23(20)19-38-24-12-10-22(11-13-24)29(35)27-28(25-8-4-5-9-26(25)32)34(31(37)30(27)36)18-21-14-16-33-17-15-21/h2-17,28,35H,18-19H2,1H3/b29-27+. The van der Waals surface area contributed by atoms with Gasteiger partial charge in [0.05, 0.1) is 11.6 Å². The molecule has 4 aromatic rings. The van der Waals surface area contributed by atoms with Gasteiger partial charge in [0.1, 0.15) is 23.9 Å². The number of likely N-dealkylation sites (tertiary alicyclic amines) is 1. The second kappa shape index (κ2) is 10.7. The molecule has 0 bridgehead atoms. The van der Waals surface area contributed by atoms with Gasteiger partial charge in [0.2, 0.25) is 0 Å². The first-order valence-corrected chi connectivity index (χ1v) is 12.1. The molecule has 1 N–H and O–H groups in total. The first kappa shape index (κ1) is 24.9. The van der Waals surface area contributed by atoms with E-state index in [2.05, 4.69) is 4.98 Å². The number of hydrogen-bond acceptors (Lipinski definition) is 5. The average Bonchev–Trinajstić information content (AvgIpc) is 3.18. The molecular weight excluding hydrogens is 483 g/mol. The number of ketones is 1. The summed E-state index contributed by atoms with van der Waals surface area (Å²) in [5.74, 6) is -2.06. The third-order valence-corrected chi connectivity index (χ3v) is 6.63. The van der Waals surface area contributed by atoms with Crippen LogP contribution in [0.5, 0.6) is 5.75 Å².